The van der Waals surface area contributed by atoms with Gasteiger partial charge in [-0.25, -0.2) is 15.2 Å². The number of halogens is 1. The lowest BCUT2D eigenvalue weighted by Crippen LogP contribution is -2.13. The third-order valence-corrected chi connectivity index (χ3v) is 2.76. The second-order valence-electron chi connectivity index (χ2n) is 4.06. The van der Waals surface area contributed by atoms with Gasteiger partial charge in [0.05, 0.1) is 6.20 Å². The number of benzene rings is 1. The Hall–Kier alpha value is -2.21. The molecule has 0 atom stereocenters. The number of rotatable bonds is 5. The van der Waals surface area contributed by atoms with Crippen molar-refractivity contribution in [2.75, 3.05) is 10.7 Å². The molecular weight excluding hydrogens is 245 g/mol. The molecule has 1 aromatic heterocycles. The molecule has 2 aromatic rings. The Morgan fingerprint density at radius 3 is 2.53 bits per heavy atom. The van der Waals surface area contributed by atoms with Crippen LogP contribution in [0.25, 0.3) is 0 Å². The molecule has 6 heteroatoms. The van der Waals surface area contributed by atoms with Crippen LogP contribution in [0.4, 0.5) is 16.2 Å². The van der Waals surface area contributed by atoms with Crippen molar-refractivity contribution in [2.24, 2.45) is 5.84 Å². The van der Waals surface area contributed by atoms with Gasteiger partial charge in [-0.15, -0.1) is 0 Å². The summed E-state index contributed by atoms with van der Waals surface area (Å²) in [5.74, 6) is 4.97. The summed E-state index contributed by atoms with van der Waals surface area (Å²) in [5, 5.41) is 2.92. The number of aromatic nitrogens is 2. The second-order valence-corrected chi connectivity index (χ2v) is 4.06. The quantitative estimate of drug-likeness (QED) is 0.567. The van der Waals surface area contributed by atoms with Crippen LogP contribution >= 0.6 is 0 Å². The summed E-state index contributed by atoms with van der Waals surface area (Å²) in [6.07, 6.45) is 2.07. The predicted octanol–water partition coefficient (Wildman–Crippen LogP) is 2.08. The highest BCUT2D eigenvalue weighted by molar-refractivity contribution is 5.41. The summed E-state index contributed by atoms with van der Waals surface area (Å²) >= 11 is 0. The van der Waals surface area contributed by atoms with Gasteiger partial charge in [0.15, 0.2) is 11.6 Å². The maximum absolute atomic E-state index is 13.5. The molecule has 0 bridgehead atoms. The van der Waals surface area contributed by atoms with Gasteiger partial charge in [-0.05, 0) is 17.5 Å². The van der Waals surface area contributed by atoms with E-state index in [1.807, 2.05) is 12.1 Å². The van der Waals surface area contributed by atoms with Gasteiger partial charge in [0.2, 0.25) is 5.95 Å². The average molecular weight is 261 g/mol. The maximum Gasteiger partial charge on any atom is 0.239 e. The lowest BCUT2D eigenvalue weighted by molar-refractivity contribution is 0.617. The SMILES string of the molecule is CCc1ccc(CNc2nc(NN)ncc2F)cc1. The topological polar surface area (TPSA) is 75.9 Å². The van der Waals surface area contributed by atoms with E-state index in [1.165, 1.54) is 5.56 Å². The van der Waals surface area contributed by atoms with E-state index in [1.54, 1.807) is 0 Å². The molecule has 0 fully saturated rings. The molecule has 4 N–H and O–H groups in total. The minimum absolute atomic E-state index is 0.127. The largest absolute Gasteiger partial charge is 0.363 e. The fourth-order valence-electron chi connectivity index (χ4n) is 1.64. The first kappa shape index (κ1) is 13.2. The van der Waals surface area contributed by atoms with Crippen LogP contribution in [0.3, 0.4) is 0 Å². The number of anilines is 2. The molecule has 0 saturated carbocycles. The molecule has 0 unspecified atom stereocenters. The van der Waals surface area contributed by atoms with Crippen LogP contribution in [0.15, 0.2) is 30.5 Å². The second kappa shape index (κ2) is 6.10. The van der Waals surface area contributed by atoms with Crippen LogP contribution in [0.1, 0.15) is 18.1 Å². The lowest BCUT2D eigenvalue weighted by Gasteiger charge is -2.08. The summed E-state index contributed by atoms with van der Waals surface area (Å²) in [6.45, 7) is 2.59. The van der Waals surface area contributed by atoms with Crippen molar-refractivity contribution in [1.29, 1.82) is 0 Å². The maximum atomic E-state index is 13.5. The molecule has 1 aromatic carbocycles. The van der Waals surface area contributed by atoms with E-state index in [4.69, 9.17) is 5.84 Å². The molecule has 0 aliphatic carbocycles. The molecule has 1 heterocycles. The van der Waals surface area contributed by atoms with Gasteiger partial charge in [0.25, 0.3) is 0 Å². The van der Waals surface area contributed by atoms with E-state index in [0.29, 0.717) is 6.54 Å². The number of nitrogens with zero attached hydrogens (tertiary/aromatic N) is 2. The van der Waals surface area contributed by atoms with E-state index >= 15 is 0 Å². The number of hydrogen-bond acceptors (Lipinski definition) is 5. The number of hydrazine groups is 1. The number of hydrogen-bond donors (Lipinski definition) is 3. The molecule has 0 saturated heterocycles. The van der Waals surface area contributed by atoms with Crippen molar-refractivity contribution in [1.82, 2.24) is 9.97 Å². The van der Waals surface area contributed by atoms with Crippen LogP contribution in [-0.2, 0) is 13.0 Å². The summed E-state index contributed by atoms with van der Waals surface area (Å²) in [5.41, 5.74) is 4.60. The molecule has 0 amide bonds. The van der Waals surface area contributed by atoms with Crippen LogP contribution < -0.4 is 16.6 Å². The van der Waals surface area contributed by atoms with Gasteiger partial charge in [-0.1, -0.05) is 31.2 Å². The number of nitrogens with one attached hydrogen (secondary N) is 2. The summed E-state index contributed by atoms with van der Waals surface area (Å²) in [6, 6.07) is 8.13. The van der Waals surface area contributed by atoms with Crippen molar-refractivity contribution in [2.45, 2.75) is 19.9 Å². The highest BCUT2D eigenvalue weighted by Crippen LogP contribution is 2.13. The standard InChI is InChI=1S/C13H16FN5/c1-2-9-3-5-10(6-4-9)7-16-12-11(14)8-17-13(18-12)19-15/h3-6,8H,2,7,15H2,1H3,(H2,16,17,18,19). The zero-order valence-corrected chi connectivity index (χ0v) is 10.7. The highest BCUT2D eigenvalue weighted by Gasteiger charge is 2.05. The fraction of sp³-hybridized carbons (Fsp3) is 0.231. The van der Waals surface area contributed by atoms with E-state index in [9.17, 15) is 4.39 Å². The monoisotopic (exact) mass is 261 g/mol. The molecule has 100 valence electrons. The number of nitrogen functional groups attached to an aromatic ring is 1. The molecule has 0 spiro atoms. The van der Waals surface area contributed by atoms with E-state index in [-0.39, 0.29) is 11.8 Å². The summed E-state index contributed by atoms with van der Waals surface area (Å²) < 4.78 is 13.5. The van der Waals surface area contributed by atoms with Crippen molar-refractivity contribution in [3.05, 3.63) is 47.4 Å². The first-order valence-electron chi connectivity index (χ1n) is 6.03. The van der Waals surface area contributed by atoms with Crippen LogP contribution in [0.2, 0.25) is 0 Å². The molecule has 0 radical (unpaired) electrons. The molecular formula is C13H16FN5. The normalized spacial score (nSPS) is 10.3. The molecule has 0 aliphatic rings. The average Bonchev–Trinajstić information content (AvgIpc) is 2.47. The Balaban J connectivity index is 2.05. The molecule has 2 rings (SSSR count). The van der Waals surface area contributed by atoms with Crippen molar-refractivity contribution in [3.63, 3.8) is 0 Å². The number of nitrogens with two attached hydrogens (primary N) is 1. The first-order valence-corrected chi connectivity index (χ1v) is 6.03. The Morgan fingerprint density at radius 2 is 1.89 bits per heavy atom. The summed E-state index contributed by atoms with van der Waals surface area (Å²) in [7, 11) is 0. The van der Waals surface area contributed by atoms with Crippen molar-refractivity contribution in [3.8, 4) is 0 Å². The Labute approximate surface area is 111 Å². The number of aryl methyl sites for hydroxylation is 1. The highest BCUT2D eigenvalue weighted by atomic mass is 19.1. The Kier molecular flexibility index (Phi) is 4.25. The lowest BCUT2D eigenvalue weighted by atomic mass is 10.1. The van der Waals surface area contributed by atoms with Crippen LogP contribution in [0.5, 0.6) is 0 Å². The molecule has 19 heavy (non-hydrogen) atoms. The fourth-order valence-corrected chi connectivity index (χ4v) is 1.64. The van der Waals surface area contributed by atoms with Gasteiger partial charge in [-0.2, -0.15) is 4.98 Å². The van der Waals surface area contributed by atoms with E-state index in [0.717, 1.165) is 18.2 Å². The van der Waals surface area contributed by atoms with Crippen molar-refractivity contribution >= 4 is 11.8 Å². The van der Waals surface area contributed by atoms with Gasteiger partial charge >= 0.3 is 0 Å². The van der Waals surface area contributed by atoms with Gasteiger partial charge in [0.1, 0.15) is 0 Å². The van der Waals surface area contributed by atoms with Crippen LogP contribution in [0, 0.1) is 5.82 Å². The Morgan fingerprint density at radius 1 is 1.21 bits per heavy atom. The zero-order chi connectivity index (χ0) is 13.7. The van der Waals surface area contributed by atoms with Crippen molar-refractivity contribution < 1.29 is 4.39 Å². The smallest absolute Gasteiger partial charge is 0.239 e. The van der Waals surface area contributed by atoms with Gasteiger partial charge in [-0.3, -0.25) is 5.43 Å². The first-order chi connectivity index (χ1) is 9.22. The van der Waals surface area contributed by atoms with E-state index in [2.05, 4.69) is 39.8 Å². The third-order valence-electron chi connectivity index (χ3n) is 2.76. The minimum Gasteiger partial charge on any atom is -0.363 e. The van der Waals surface area contributed by atoms with Crippen LogP contribution in [-0.4, -0.2) is 9.97 Å². The van der Waals surface area contributed by atoms with Gasteiger partial charge in [0, 0.05) is 6.54 Å². The molecule has 5 nitrogen and oxygen atoms in total. The molecule has 0 aliphatic heterocycles. The minimum atomic E-state index is -0.510. The van der Waals surface area contributed by atoms with Gasteiger partial charge < -0.3 is 5.32 Å². The predicted molar refractivity (Wildman–Crippen MR) is 72.9 cm³/mol. The third kappa shape index (κ3) is 3.38. The summed E-state index contributed by atoms with van der Waals surface area (Å²) in [4.78, 5) is 7.58. The zero-order valence-electron chi connectivity index (χ0n) is 10.7. The Bertz CT molecular complexity index is 541. The van der Waals surface area contributed by atoms with E-state index < -0.39 is 5.82 Å².